The van der Waals surface area contributed by atoms with Gasteiger partial charge in [-0.2, -0.15) is 0 Å². The van der Waals surface area contributed by atoms with Gasteiger partial charge in [-0.3, -0.25) is 4.90 Å². The van der Waals surface area contributed by atoms with Gasteiger partial charge in [0.05, 0.1) is 7.11 Å². The van der Waals surface area contributed by atoms with Crippen molar-refractivity contribution in [3.8, 4) is 0 Å². The SMILES string of the molecule is C=C(/C=C\C=C/C)C1CN(Cc2ccc(CN3CCN(C(=O)OC)CC3)cc2)C(=P)O1. The van der Waals surface area contributed by atoms with Crippen LogP contribution < -0.4 is 0 Å². The maximum Gasteiger partial charge on any atom is 0.409 e. The lowest BCUT2D eigenvalue weighted by atomic mass is 10.1. The van der Waals surface area contributed by atoms with Gasteiger partial charge in [0.1, 0.15) is 11.7 Å². The molecule has 0 saturated carbocycles. The number of nitrogens with zero attached hydrogens (tertiary/aromatic N) is 3. The zero-order chi connectivity index (χ0) is 22.2. The lowest BCUT2D eigenvalue weighted by molar-refractivity contribution is 0.0889. The zero-order valence-electron chi connectivity index (χ0n) is 18.4. The Bertz CT molecular complexity index is 842. The Labute approximate surface area is 187 Å². The summed E-state index contributed by atoms with van der Waals surface area (Å²) in [6.07, 6.45) is 7.66. The minimum atomic E-state index is -0.239. The summed E-state index contributed by atoms with van der Waals surface area (Å²) in [5.41, 5.74) is 4.21. The molecule has 2 aliphatic rings. The van der Waals surface area contributed by atoms with Crippen molar-refractivity contribution in [2.45, 2.75) is 26.1 Å². The molecular weight excluding hydrogens is 409 g/mol. The third-order valence-corrected chi connectivity index (χ3v) is 6.00. The van der Waals surface area contributed by atoms with Crippen molar-refractivity contribution >= 4 is 20.6 Å². The van der Waals surface area contributed by atoms with Gasteiger partial charge < -0.3 is 14.4 Å². The molecule has 0 aromatic heterocycles. The molecule has 1 aromatic rings. The van der Waals surface area contributed by atoms with Gasteiger partial charge in [0.15, 0.2) is 0 Å². The molecule has 1 unspecified atom stereocenters. The third-order valence-electron chi connectivity index (χ3n) is 5.56. The van der Waals surface area contributed by atoms with Gasteiger partial charge in [-0.05, 0) is 23.6 Å². The number of piperazine rings is 1. The molecule has 1 aromatic carbocycles. The van der Waals surface area contributed by atoms with Crippen LogP contribution in [0.4, 0.5) is 4.79 Å². The molecule has 0 radical (unpaired) electrons. The average molecular weight is 442 g/mol. The Kier molecular flexibility index (Phi) is 8.61. The highest BCUT2D eigenvalue weighted by Gasteiger charge is 2.28. The van der Waals surface area contributed by atoms with E-state index >= 15 is 0 Å². The molecule has 1 amide bonds. The standard InChI is InChI=1S/C24H32N3O3P/c1-4-5-6-7-19(2)22-18-27(24(31)30-22)17-21-10-8-20(9-11-21)16-25-12-14-26(15-13-25)23(28)29-3/h4-11,22,31H,2,12-18H2,1,3H3/b5-4-,7-6-. The highest BCUT2D eigenvalue weighted by atomic mass is 31.0. The van der Waals surface area contributed by atoms with Gasteiger partial charge in [-0.25, -0.2) is 9.69 Å². The smallest absolute Gasteiger partial charge is 0.409 e. The Morgan fingerprint density at radius 1 is 1.16 bits per heavy atom. The predicted molar refractivity (Wildman–Crippen MR) is 127 cm³/mol. The molecule has 2 saturated heterocycles. The summed E-state index contributed by atoms with van der Waals surface area (Å²) in [6, 6.07) is 8.71. The largest absolute Gasteiger partial charge is 0.453 e. The molecule has 0 spiro atoms. The highest BCUT2D eigenvalue weighted by Crippen LogP contribution is 2.21. The van der Waals surface area contributed by atoms with E-state index in [1.165, 1.54) is 18.2 Å². The molecule has 0 bridgehead atoms. The third kappa shape index (κ3) is 6.62. The second-order valence-corrected chi connectivity index (χ2v) is 8.23. The first-order valence-corrected chi connectivity index (χ1v) is 11.1. The number of carbonyl (C=O) groups is 1. The number of carbonyl (C=O) groups excluding carboxylic acids is 1. The normalized spacial score (nSPS) is 20.8. The molecular formula is C24H32N3O3P. The highest BCUT2D eigenvalue weighted by molar-refractivity contribution is 7.20. The van der Waals surface area contributed by atoms with Crippen LogP contribution in [0.3, 0.4) is 0 Å². The molecule has 3 rings (SSSR count). The fourth-order valence-electron chi connectivity index (χ4n) is 3.70. The van der Waals surface area contributed by atoms with E-state index in [9.17, 15) is 4.79 Å². The van der Waals surface area contributed by atoms with Crippen LogP contribution in [0.5, 0.6) is 0 Å². The number of hydrogen-bond acceptors (Lipinski definition) is 4. The van der Waals surface area contributed by atoms with Crippen LogP contribution >= 0.6 is 8.86 Å². The second-order valence-electron chi connectivity index (χ2n) is 7.80. The molecule has 1 atom stereocenters. The molecule has 31 heavy (non-hydrogen) atoms. The van der Waals surface area contributed by atoms with E-state index in [2.05, 4.69) is 49.5 Å². The van der Waals surface area contributed by atoms with E-state index in [-0.39, 0.29) is 12.2 Å². The minimum absolute atomic E-state index is 0.0445. The Morgan fingerprint density at radius 3 is 2.42 bits per heavy atom. The summed E-state index contributed by atoms with van der Waals surface area (Å²) in [5.74, 6) is 0. The van der Waals surface area contributed by atoms with E-state index in [4.69, 9.17) is 9.47 Å². The Morgan fingerprint density at radius 2 is 1.81 bits per heavy atom. The van der Waals surface area contributed by atoms with Crippen molar-refractivity contribution in [1.82, 2.24) is 14.7 Å². The van der Waals surface area contributed by atoms with E-state index < -0.39 is 0 Å². The van der Waals surface area contributed by atoms with Gasteiger partial charge >= 0.3 is 6.09 Å². The molecule has 2 fully saturated rings. The van der Waals surface area contributed by atoms with Crippen LogP contribution in [0.25, 0.3) is 0 Å². The number of hydrogen-bond donors (Lipinski definition) is 0. The fourth-order valence-corrected chi connectivity index (χ4v) is 4.02. The van der Waals surface area contributed by atoms with Crippen molar-refractivity contribution < 1.29 is 14.3 Å². The molecule has 0 N–H and O–H groups in total. The van der Waals surface area contributed by atoms with Crippen molar-refractivity contribution in [3.63, 3.8) is 0 Å². The first kappa shape index (κ1) is 23.4. The lowest BCUT2D eigenvalue weighted by Gasteiger charge is -2.33. The van der Waals surface area contributed by atoms with Gasteiger partial charge in [0.25, 0.3) is 0 Å². The number of benzene rings is 1. The summed E-state index contributed by atoms with van der Waals surface area (Å²) in [5, 5.41) is 0. The van der Waals surface area contributed by atoms with Crippen LogP contribution in [0.1, 0.15) is 18.1 Å². The number of allylic oxidation sites excluding steroid dienone is 3. The maximum absolute atomic E-state index is 11.6. The second kappa shape index (κ2) is 11.4. The van der Waals surface area contributed by atoms with Crippen molar-refractivity contribution in [2.24, 2.45) is 0 Å². The quantitative estimate of drug-likeness (QED) is 0.477. The zero-order valence-corrected chi connectivity index (χ0v) is 19.4. The first-order chi connectivity index (χ1) is 15.0. The number of ether oxygens (including phenoxy) is 2. The van der Waals surface area contributed by atoms with Gasteiger partial charge in [0, 0.05) is 45.8 Å². The van der Waals surface area contributed by atoms with Crippen molar-refractivity contribution in [2.75, 3.05) is 39.8 Å². The lowest BCUT2D eigenvalue weighted by Crippen LogP contribution is -2.48. The van der Waals surface area contributed by atoms with E-state index in [0.717, 1.165) is 43.9 Å². The molecule has 2 heterocycles. The number of rotatable bonds is 7. The van der Waals surface area contributed by atoms with Gasteiger partial charge in [-0.1, -0.05) is 64.0 Å². The van der Waals surface area contributed by atoms with Crippen LogP contribution in [0.15, 0.2) is 60.7 Å². The number of amides is 1. The molecule has 166 valence electrons. The van der Waals surface area contributed by atoms with Crippen molar-refractivity contribution in [1.29, 1.82) is 0 Å². The maximum atomic E-state index is 11.6. The van der Waals surface area contributed by atoms with Crippen LogP contribution in [-0.2, 0) is 22.6 Å². The predicted octanol–water partition coefficient (Wildman–Crippen LogP) is 3.69. The van der Waals surface area contributed by atoms with Crippen LogP contribution in [0.2, 0.25) is 0 Å². The summed E-state index contributed by atoms with van der Waals surface area (Å²) in [6.45, 7) is 11.7. The fraction of sp³-hybridized carbons (Fsp3) is 0.417. The summed E-state index contributed by atoms with van der Waals surface area (Å²) in [7, 11) is 5.04. The summed E-state index contributed by atoms with van der Waals surface area (Å²) in [4.78, 5) is 17.9. The molecule has 2 aliphatic heterocycles. The van der Waals surface area contributed by atoms with Crippen LogP contribution in [0, 0.1) is 0 Å². The average Bonchev–Trinajstić information content (AvgIpc) is 3.15. The molecule has 7 heteroatoms. The Hall–Kier alpha value is -2.24. The number of methoxy groups -OCH3 is 1. The minimum Gasteiger partial charge on any atom is -0.453 e. The Balaban J connectivity index is 1.48. The molecule has 6 nitrogen and oxygen atoms in total. The first-order valence-electron chi connectivity index (χ1n) is 10.6. The van der Waals surface area contributed by atoms with E-state index in [1.807, 2.05) is 31.2 Å². The van der Waals surface area contributed by atoms with E-state index in [1.54, 1.807) is 4.90 Å². The topological polar surface area (TPSA) is 45.2 Å². The summed E-state index contributed by atoms with van der Waals surface area (Å²) >= 11 is 0. The van der Waals surface area contributed by atoms with Crippen LogP contribution in [-0.4, -0.2) is 72.3 Å². The molecule has 0 aliphatic carbocycles. The monoisotopic (exact) mass is 441 g/mol. The van der Waals surface area contributed by atoms with E-state index in [0.29, 0.717) is 13.1 Å². The van der Waals surface area contributed by atoms with Gasteiger partial charge in [0.2, 0.25) is 0 Å². The van der Waals surface area contributed by atoms with Crippen molar-refractivity contribution in [3.05, 3.63) is 71.8 Å². The van der Waals surface area contributed by atoms with Gasteiger partial charge in [-0.15, -0.1) is 0 Å². The summed E-state index contributed by atoms with van der Waals surface area (Å²) < 4.78 is 10.7.